The summed E-state index contributed by atoms with van der Waals surface area (Å²) in [6.45, 7) is 6.00. The lowest BCUT2D eigenvalue weighted by molar-refractivity contribution is 0.369. The average Bonchev–Trinajstić information content (AvgIpc) is 2.29. The zero-order valence-corrected chi connectivity index (χ0v) is 11.2. The molecule has 0 unspecified atom stereocenters. The van der Waals surface area contributed by atoms with E-state index in [4.69, 9.17) is 5.84 Å². The Hall–Kier alpha value is -1.11. The van der Waals surface area contributed by atoms with Gasteiger partial charge < -0.3 is 5.43 Å². The molecule has 0 saturated carbocycles. The van der Waals surface area contributed by atoms with Crippen LogP contribution in [0.1, 0.15) is 20.8 Å². The van der Waals surface area contributed by atoms with Crippen LogP contribution in [0.5, 0.6) is 0 Å². The van der Waals surface area contributed by atoms with Gasteiger partial charge in [-0.25, -0.2) is 8.42 Å². The summed E-state index contributed by atoms with van der Waals surface area (Å²) in [6, 6.07) is 6.32. The van der Waals surface area contributed by atoms with Crippen LogP contribution in [-0.2, 0) is 10.0 Å². The van der Waals surface area contributed by atoms with Crippen LogP contribution in [-0.4, -0.2) is 25.3 Å². The van der Waals surface area contributed by atoms with Crippen molar-refractivity contribution in [3.63, 3.8) is 0 Å². The molecule has 6 heteroatoms. The number of hydrogen-bond donors (Lipinski definition) is 2. The molecule has 0 heterocycles. The first-order valence-corrected chi connectivity index (χ1v) is 6.96. The molecule has 1 aromatic carbocycles. The Balaban J connectivity index is 3.11. The Morgan fingerprint density at radius 2 is 1.82 bits per heavy atom. The molecule has 0 aliphatic rings. The Morgan fingerprint density at radius 1 is 1.29 bits per heavy atom. The van der Waals surface area contributed by atoms with Gasteiger partial charge in [0.1, 0.15) is 0 Å². The number of anilines is 1. The Morgan fingerprint density at radius 3 is 2.18 bits per heavy atom. The predicted molar refractivity (Wildman–Crippen MR) is 69.0 cm³/mol. The minimum absolute atomic E-state index is 0.0580. The summed E-state index contributed by atoms with van der Waals surface area (Å²) in [4.78, 5) is 0.284. The molecule has 0 radical (unpaired) electrons. The van der Waals surface area contributed by atoms with Gasteiger partial charge in [0.2, 0.25) is 10.0 Å². The maximum absolute atomic E-state index is 12.3. The van der Waals surface area contributed by atoms with E-state index in [0.29, 0.717) is 12.2 Å². The Labute approximate surface area is 103 Å². The van der Waals surface area contributed by atoms with Crippen molar-refractivity contribution in [3.05, 3.63) is 24.3 Å². The quantitative estimate of drug-likeness (QED) is 0.617. The van der Waals surface area contributed by atoms with E-state index in [2.05, 4.69) is 5.43 Å². The third-order valence-electron chi connectivity index (χ3n) is 2.52. The van der Waals surface area contributed by atoms with Gasteiger partial charge in [-0.15, -0.1) is 0 Å². The van der Waals surface area contributed by atoms with E-state index in [1.165, 1.54) is 4.31 Å². The van der Waals surface area contributed by atoms with Gasteiger partial charge in [0, 0.05) is 18.3 Å². The van der Waals surface area contributed by atoms with E-state index in [-0.39, 0.29) is 10.9 Å². The van der Waals surface area contributed by atoms with Crippen molar-refractivity contribution in [2.45, 2.75) is 31.7 Å². The minimum atomic E-state index is -3.41. The molecule has 17 heavy (non-hydrogen) atoms. The number of nitrogens with one attached hydrogen (secondary N) is 1. The molecule has 0 atom stereocenters. The Bertz CT molecular complexity index is 454. The van der Waals surface area contributed by atoms with Crippen molar-refractivity contribution in [2.75, 3.05) is 12.0 Å². The van der Waals surface area contributed by atoms with Gasteiger partial charge in [-0.2, -0.15) is 4.31 Å². The molecule has 0 aliphatic heterocycles. The number of benzene rings is 1. The molecule has 0 spiro atoms. The number of hydrazine groups is 1. The normalized spacial score (nSPS) is 12.1. The highest BCUT2D eigenvalue weighted by atomic mass is 32.2. The van der Waals surface area contributed by atoms with Crippen LogP contribution in [0.25, 0.3) is 0 Å². The molecule has 0 bridgehead atoms. The second-order valence-corrected chi connectivity index (χ2v) is 5.86. The van der Waals surface area contributed by atoms with Crippen molar-refractivity contribution in [1.29, 1.82) is 0 Å². The maximum Gasteiger partial charge on any atom is 0.243 e. The van der Waals surface area contributed by atoms with Gasteiger partial charge in [-0.1, -0.05) is 6.92 Å². The molecule has 1 aromatic rings. The van der Waals surface area contributed by atoms with Crippen molar-refractivity contribution >= 4 is 15.7 Å². The highest BCUT2D eigenvalue weighted by molar-refractivity contribution is 7.89. The number of rotatable bonds is 5. The molecular weight excluding hydrogens is 238 g/mol. The average molecular weight is 257 g/mol. The van der Waals surface area contributed by atoms with Gasteiger partial charge in [0.25, 0.3) is 0 Å². The van der Waals surface area contributed by atoms with E-state index < -0.39 is 10.0 Å². The van der Waals surface area contributed by atoms with E-state index in [1.54, 1.807) is 24.3 Å². The summed E-state index contributed by atoms with van der Waals surface area (Å²) in [5.41, 5.74) is 3.14. The second-order valence-electron chi connectivity index (χ2n) is 3.97. The standard InChI is InChI=1S/C11H19N3O2S/c1-4-14(9(2)3)17(15,16)11-7-5-10(13-12)6-8-11/h5-9,13H,4,12H2,1-3H3. The van der Waals surface area contributed by atoms with Crippen molar-refractivity contribution in [1.82, 2.24) is 4.31 Å². The third-order valence-corrected chi connectivity index (χ3v) is 4.68. The maximum atomic E-state index is 12.3. The largest absolute Gasteiger partial charge is 0.324 e. The van der Waals surface area contributed by atoms with Gasteiger partial charge in [-0.3, -0.25) is 5.84 Å². The van der Waals surface area contributed by atoms with Crippen LogP contribution in [0.2, 0.25) is 0 Å². The van der Waals surface area contributed by atoms with Gasteiger partial charge in [-0.05, 0) is 38.1 Å². The van der Waals surface area contributed by atoms with E-state index >= 15 is 0 Å². The molecule has 96 valence electrons. The number of hydrogen-bond acceptors (Lipinski definition) is 4. The Kier molecular flexibility index (Phi) is 4.50. The molecule has 0 fully saturated rings. The monoisotopic (exact) mass is 257 g/mol. The number of nitrogens with two attached hydrogens (primary N) is 1. The fourth-order valence-corrected chi connectivity index (χ4v) is 3.32. The van der Waals surface area contributed by atoms with Crippen LogP contribution in [0, 0.1) is 0 Å². The lowest BCUT2D eigenvalue weighted by atomic mass is 10.3. The van der Waals surface area contributed by atoms with Crippen LogP contribution < -0.4 is 11.3 Å². The molecule has 1 rings (SSSR count). The fourth-order valence-electron chi connectivity index (χ4n) is 1.67. The third kappa shape index (κ3) is 2.96. The summed E-state index contributed by atoms with van der Waals surface area (Å²) in [7, 11) is -3.41. The van der Waals surface area contributed by atoms with Gasteiger partial charge >= 0.3 is 0 Å². The molecule has 0 aliphatic carbocycles. The molecule has 0 saturated heterocycles. The number of nitrogens with zero attached hydrogens (tertiary/aromatic N) is 1. The molecular formula is C11H19N3O2S. The van der Waals surface area contributed by atoms with Crippen LogP contribution in [0.3, 0.4) is 0 Å². The smallest absolute Gasteiger partial charge is 0.243 e. The number of sulfonamides is 1. The lowest BCUT2D eigenvalue weighted by Crippen LogP contribution is -2.36. The predicted octanol–water partition coefficient (Wildman–Crippen LogP) is 1.39. The van der Waals surface area contributed by atoms with E-state index in [9.17, 15) is 8.42 Å². The summed E-state index contributed by atoms with van der Waals surface area (Å²) in [5.74, 6) is 5.23. The fraction of sp³-hybridized carbons (Fsp3) is 0.455. The lowest BCUT2D eigenvalue weighted by Gasteiger charge is -2.24. The van der Waals surface area contributed by atoms with Crippen LogP contribution in [0.4, 0.5) is 5.69 Å². The van der Waals surface area contributed by atoms with Gasteiger partial charge in [0.15, 0.2) is 0 Å². The molecule has 0 aromatic heterocycles. The summed E-state index contributed by atoms with van der Waals surface area (Å²) in [6.07, 6.45) is 0. The highest BCUT2D eigenvalue weighted by Gasteiger charge is 2.25. The first kappa shape index (κ1) is 14.0. The zero-order chi connectivity index (χ0) is 13.1. The van der Waals surface area contributed by atoms with Crippen LogP contribution in [0.15, 0.2) is 29.2 Å². The molecule has 5 nitrogen and oxygen atoms in total. The summed E-state index contributed by atoms with van der Waals surface area (Å²) < 4.78 is 26.0. The van der Waals surface area contributed by atoms with Crippen molar-refractivity contribution in [2.24, 2.45) is 5.84 Å². The van der Waals surface area contributed by atoms with Crippen molar-refractivity contribution in [3.8, 4) is 0 Å². The SMILES string of the molecule is CCN(C(C)C)S(=O)(=O)c1ccc(NN)cc1. The minimum Gasteiger partial charge on any atom is -0.324 e. The molecule has 0 amide bonds. The van der Waals surface area contributed by atoms with Crippen LogP contribution >= 0.6 is 0 Å². The van der Waals surface area contributed by atoms with E-state index in [0.717, 1.165) is 0 Å². The summed E-state index contributed by atoms with van der Waals surface area (Å²) >= 11 is 0. The number of nitrogen functional groups attached to an aromatic ring is 1. The van der Waals surface area contributed by atoms with E-state index in [1.807, 2.05) is 20.8 Å². The zero-order valence-electron chi connectivity index (χ0n) is 10.3. The first-order chi connectivity index (χ1) is 7.93. The second kappa shape index (κ2) is 5.48. The topological polar surface area (TPSA) is 75.4 Å². The first-order valence-electron chi connectivity index (χ1n) is 5.52. The summed E-state index contributed by atoms with van der Waals surface area (Å²) in [5, 5.41) is 0. The highest BCUT2D eigenvalue weighted by Crippen LogP contribution is 2.19. The van der Waals surface area contributed by atoms with Gasteiger partial charge in [0.05, 0.1) is 4.90 Å². The van der Waals surface area contributed by atoms with Crippen molar-refractivity contribution < 1.29 is 8.42 Å². The molecule has 3 N–H and O–H groups in total.